The molecule has 2 nitrogen and oxygen atoms in total. The van der Waals surface area contributed by atoms with Crippen LogP contribution in [-0.4, -0.2) is 4.98 Å². The molecule has 0 aliphatic rings. The Morgan fingerprint density at radius 3 is 2.12 bits per heavy atom. The van der Waals surface area contributed by atoms with Gasteiger partial charge in [-0.25, -0.2) is 0 Å². The first-order valence-corrected chi connectivity index (χ1v) is 5.41. The molecule has 0 saturated heterocycles. The lowest BCUT2D eigenvalue weighted by Crippen LogP contribution is -2.12. The number of rotatable bonds is 2. The Hall–Kier alpha value is -1.67. The highest BCUT2D eigenvalue weighted by molar-refractivity contribution is 5.31. The first-order chi connectivity index (χ1) is 7.66. The molecule has 2 rings (SSSR count). The summed E-state index contributed by atoms with van der Waals surface area (Å²) in [7, 11) is 0. The number of hydrogen-bond donors (Lipinski definition) is 1. The van der Waals surface area contributed by atoms with Crippen LogP contribution < -0.4 is 5.73 Å². The molecule has 2 N–H and O–H groups in total. The van der Waals surface area contributed by atoms with Gasteiger partial charge in [0.1, 0.15) is 0 Å². The minimum absolute atomic E-state index is 0.0892. The van der Waals surface area contributed by atoms with E-state index in [1.807, 2.05) is 25.3 Å². The van der Waals surface area contributed by atoms with Gasteiger partial charge in [0.15, 0.2) is 0 Å². The van der Waals surface area contributed by atoms with Crippen molar-refractivity contribution >= 4 is 0 Å². The third kappa shape index (κ3) is 2.28. The molecule has 16 heavy (non-hydrogen) atoms. The van der Waals surface area contributed by atoms with Crippen LogP contribution in [0.3, 0.4) is 0 Å². The zero-order valence-corrected chi connectivity index (χ0v) is 9.64. The molecular formula is C14H16N2. The molecular weight excluding hydrogens is 196 g/mol. The maximum Gasteiger partial charge on any atom is 0.0566 e. The summed E-state index contributed by atoms with van der Waals surface area (Å²) in [6, 6.07) is 12.2. The number of pyridine rings is 1. The van der Waals surface area contributed by atoms with E-state index >= 15 is 0 Å². The number of nitrogens with two attached hydrogens (primary N) is 1. The largest absolute Gasteiger partial charge is 0.320 e. The summed E-state index contributed by atoms with van der Waals surface area (Å²) in [6.07, 6.45) is 1.85. The lowest BCUT2D eigenvalue weighted by atomic mass is 10.00. The van der Waals surface area contributed by atoms with Crippen LogP contribution in [0, 0.1) is 13.8 Å². The summed E-state index contributed by atoms with van der Waals surface area (Å²) in [5.41, 5.74) is 10.6. The van der Waals surface area contributed by atoms with Crippen LogP contribution in [0.25, 0.3) is 0 Å². The van der Waals surface area contributed by atoms with Gasteiger partial charge in [-0.05, 0) is 31.0 Å². The highest BCUT2D eigenvalue weighted by Gasteiger charge is 2.08. The van der Waals surface area contributed by atoms with Gasteiger partial charge in [-0.3, -0.25) is 4.98 Å². The van der Waals surface area contributed by atoms with Gasteiger partial charge < -0.3 is 5.73 Å². The standard InChI is InChI=1S/C14H16N2/c1-10-3-6-12(7-4-10)14(15)13-8-5-11(2)16-9-13/h3-9,14H,15H2,1-2H3. The number of aryl methyl sites for hydroxylation is 2. The minimum Gasteiger partial charge on any atom is -0.320 e. The zero-order chi connectivity index (χ0) is 11.5. The predicted molar refractivity (Wildman–Crippen MR) is 66.2 cm³/mol. The van der Waals surface area contributed by atoms with Gasteiger partial charge in [0.25, 0.3) is 0 Å². The van der Waals surface area contributed by atoms with E-state index in [2.05, 4.69) is 36.2 Å². The Kier molecular flexibility index (Phi) is 3.02. The normalized spacial score (nSPS) is 12.4. The topological polar surface area (TPSA) is 38.9 Å². The van der Waals surface area contributed by atoms with Gasteiger partial charge >= 0.3 is 0 Å². The highest BCUT2D eigenvalue weighted by Crippen LogP contribution is 2.19. The Balaban J connectivity index is 2.28. The van der Waals surface area contributed by atoms with Gasteiger partial charge in [-0.2, -0.15) is 0 Å². The van der Waals surface area contributed by atoms with Gasteiger partial charge in [0, 0.05) is 11.9 Å². The van der Waals surface area contributed by atoms with E-state index in [1.54, 1.807) is 0 Å². The quantitative estimate of drug-likeness (QED) is 0.831. The summed E-state index contributed by atoms with van der Waals surface area (Å²) in [5, 5.41) is 0. The predicted octanol–water partition coefficient (Wildman–Crippen LogP) is 2.75. The van der Waals surface area contributed by atoms with Crippen molar-refractivity contribution in [2.24, 2.45) is 5.73 Å². The van der Waals surface area contributed by atoms with Crippen molar-refractivity contribution in [1.82, 2.24) is 4.98 Å². The van der Waals surface area contributed by atoms with Crippen LogP contribution in [0.15, 0.2) is 42.6 Å². The van der Waals surface area contributed by atoms with Crippen LogP contribution >= 0.6 is 0 Å². The summed E-state index contributed by atoms with van der Waals surface area (Å²) in [6.45, 7) is 4.05. The molecule has 0 radical (unpaired) electrons. The zero-order valence-electron chi connectivity index (χ0n) is 9.64. The van der Waals surface area contributed by atoms with Crippen LogP contribution in [0.5, 0.6) is 0 Å². The average Bonchev–Trinajstić information content (AvgIpc) is 2.30. The molecule has 1 aromatic heterocycles. The van der Waals surface area contributed by atoms with Gasteiger partial charge in [0.2, 0.25) is 0 Å². The molecule has 0 amide bonds. The molecule has 0 aliphatic heterocycles. The molecule has 0 saturated carbocycles. The maximum absolute atomic E-state index is 6.18. The fourth-order valence-corrected chi connectivity index (χ4v) is 1.63. The third-order valence-corrected chi connectivity index (χ3v) is 2.73. The second-order valence-corrected chi connectivity index (χ2v) is 4.12. The van der Waals surface area contributed by atoms with E-state index in [4.69, 9.17) is 5.73 Å². The molecule has 0 spiro atoms. The molecule has 2 heteroatoms. The second kappa shape index (κ2) is 4.45. The number of aromatic nitrogens is 1. The molecule has 1 heterocycles. The van der Waals surface area contributed by atoms with E-state index in [9.17, 15) is 0 Å². The Morgan fingerprint density at radius 1 is 0.938 bits per heavy atom. The molecule has 0 aliphatic carbocycles. The van der Waals surface area contributed by atoms with E-state index < -0.39 is 0 Å². The van der Waals surface area contributed by atoms with Crippen LogP contribution in [-0.2, 0) is 0 Å². The van der Waals surface area contributed by atoms with Gasteiger partial charge in [-0.1, -0.05) is 35.9 Å². The lowest BCUT2D eigenvalue weighted by Gasteiger charge is -2.12. The van der Waals surface area contributed by atoms with Crippen molar-refractivity contribution < 1.29 is 0 Å². The van der Waals surface area contributed by atoms with Crippen molar-refractivity contribution in [2.45, 2.75) is 19.9 Å². The molecule has 82 valence electrons. The smallest absolute Gasteiger partial charge is 0.0566 e. The molecule has 0 bridgehead atoms. The molecule has 1 atom stereocenters. The van der Waals surface area contributed by atoms with Crippen molar-refractivity contribution in [3.05, 3.63) is 65.0 Å². The number of benzene rings is 1. The first kappa shape index (κ1) is 10.8. The summed E-state index contributed by atoms with van der Waals surface area (Å²) in [4.78, 5) is 4.26. The Labute approximate surface area is 96.1 Å². The molecule has 1 unspecified atom stereocenters. The Bertz CT molecular complexity index is 412. The van der Waals surface area contributed by atoms with Gasteiger partial charge in [-0.15, -0.1) is 0 Å². The van der Waals surface area contributed by atoms with E-state index in [0.29, 0.717) is 0 Å². The SMILES string of the molecule is Cc1ccc(C(N)c2ccc(C)nc2)cc1. The highest BCUT2D eigenvalue weighted by atomic mass is 14.7. The second-order valence-electron chi connectivity index (χ2n) is 4.12. The molecule has 0 fully saturated rings. The third-order valence-electron chi connectivity index (χ3n) is 2.73. The van der Waals surface area contributed by atoms with Crippen LogP contribution in [0.4, 0.5) is 0 Å². The minimum atomic E-state index is -0.0892. The first-order valence-electron chi connectivity index (χ1n) is 5.41. The van der Waals surface area contributed by atoms with Crippen LogP contribution in [0.2, 0.25) is 0 Å². The molecule has 2 aromatic rings. The van der Waals surface area contributed by atoms with Gasteiger partial charge in [0.05, 0.1) is 6.04 Å². The van der Waals surface area contributed by atoms with Crippen molar-refractivity contribution in [1.29, 1.82) is 0 Å². The van der Waals surface area contributed by atoms with Crippen molar-refractivity contribution in [2.75, 3.05) is 0 Å². The monoisotopic (exact) mass is 212 g/mol. The average molecular weight is 212 g/mol. The summed E-state index contributed by atoms with van der Waals surface area (Å²) < 4.78 is 0. The maximum atomic E-state index is 6.18. The van der Waals surface area contributed by atoms with E-state index in [0.717, 1.165) is 16.8 Å². The van der Waals surface area contributed by atoms with E-state index in [-0.39, 0.29) is 6.04 Å². The fraction of sp³-hybridized carbons (Fsp3) is 0.214. The summed E-state index contributed by atoms with van der Waals surface area (Å²) in [5.74, 6) is 0. The fourth-order valence-electron chi connectivity index (χ4n) is 1.63. The van der Waals surface area contributed by atoms with Crippen molar-refractivity contribution in [3.63, 3.8) is 0 Å². The Morgan fingerprint density at radius 2 is 1.56 bits per heavy atom. The van der Waals surface area contributed by atoms with Crippen molar-refractivity contribution in [3.8, 4) is 0 Å². The van der Waals surface area contributed by atoms with E-state index in [1.165, 1.54) is 5.56 Å². The number of hydrogen-bond acceptors (Lipinski definition) is 2. The number of nitrogens with zero attached hydrogens (tertiary/aromatic N) is 1. The summed E-state index contributed by atoms with van der Waals surface area (Å²) >= 11 is 0. The molecule has 1 aromatic carbocycles. The van der Waals surface area contributed by atoms with Crippen LogP contribution in [0.1, 0.15) is 28.4 Å². The lowest BCUT2D eigenvalue weighted by molar-refractivity contribution is 0.860.